The van der Waals surface area contributed by atoms with Crippen molar-refractivity contribution >= 4 is 11.6 Å². The van der Waals surface area contributed by atoms with Crippen LogP contribution in [0.2, 0.25) is 0 Å². The van der Waals surface area contributed by atoms with Crippen molar-refractivity contribution in [2.24, 2.45) is 0 Å². The Balaban J connectivity index is 2.35. The van der Waals surface area contributed by atoms with Crippen molar-refractivity contribution < 1.29 is 18.3 Å². The van der Waals surface area contributed by atoms with Crippen molar-refractivity contribution in [2.75, 3.05) is 14.2 Å². The van der Waals surface area contributed by atoms with Gasteiger partial charge >= 0.3 is 0 Å². The Bertz CT molecular complexity index is 611. The maximum atomic E-state index is 13.7. The maximum Gasteiger partial charge on any atom is 0.165 e. The summed E-state index contributed by atoms with van der Waals surface area (Å²) in [6.07, 6.45) is 0.0175. The highest BCUT2D eigenvalue weighted by Gasteiger charge is 2.20. The fourth-order valence-electron chi connectivity index (χ4n) is 2.18. The number of benzene rings is 2. The first-order valence-electron chi connectivity index (χ1n) is 6.36. The van der Waals surface area contributed by atoms with Crippen LogP contribution in [-0.2, 0) is 6.42 Å². The zero-order valence-electron chi connectivity index (χ0n) is 11.7. The summed E-state index contributed by atoms with van der Waals surface area (Å²) in [6.45, 7) is 0. The minimum Gasteiger partial charge on any atom is -0.493 e. The predicted octanol–water partition coefficient (Wildman–Crippen LogP) is 4.50. The fourth-order valence-corrected chi connectivity index (χ4v) is 2.50. The summed E-state index contributed by atoms with van der Waals surface area (Å²) in [7, 11) is 3.01. The van der Waals surface area contributed by atoms with Gasteiger partial charge in [0.25, 0.3) is 0 Å². The Hall–Kier alpha value is -1.81. The van der Waals surface area contributed by atoms with Crippen LogP contribution in [0.25, 0.3) is 0 Å². The molecule has 2 nitrogen and oxygen atoms in total. The first-order chi connectivity index (χ1) is 10.1. The quantitative estimate of drug-likeness (QED) is 0.757. The first kappa shape index (κ1) is 15.6. The van der Waals surface area contributed by atoms with Gasteiger partial charge in [-0.05, 0) is 24.6 Å². The molecule has 2 rings (SSSR count). The molecule has 0 N–H and O–H groups in total. The van der Waals surface area contributed by atoms with Crippen molar-refractivity contribution in [1.82, 2.24) is 0 Å². The molecule has 0 amide bonds. The summed E-state index contributed by atoms with van der Waals surface area (Å²) in [5.74, 6) is -0.226. The van der Waals surface area contributed by atoms with E-state index in [-0.39, 0.29) is 12.0 Å². The van der Waals surface area contributed by atoms with Gasteiger partial charge < -0.3 is 9.47 Å². The molecule has 0 saturated heterocycles. The van der Waals surface area contributed by atoms with Crippen molar-refractivity contribution in [2.45, 2.75) is 11.8 Å². The van der Waals surface area contributed by atoms with Gasteiger partial charge in [-0.15, -0.1) is 11.6 Å². The summed E-state index contributed by atoms with van der Waals surface area (Å²) in [5, 5.41) is -0.638. The monoisotopic (exact) mass is 312 g/mol. The van der Waals surface area contributed by atoms with E-state index in [1.807, 2.05) is 0 Å². The highest BCUT2D eigenvalue weighted by Crippen LogP contribution is 2.39. The topological polar surface area (TPSA) is 18.5 Å². The van der Waals surface area contributed by atoms with Crippen LogP contribution in [0.15, 0.2) is 36.4 Å². The Labute approximate surface area is 127 Å². The molecule has 112 valence electrons. The van der Waals surface area contributed by atoms with E-state index in [0.29, 0.717) is 17.1 Å². The lowest BCUT2D eigenvalue weighted by Crippen LogP contribution is -2.04. The standard InChI is InChI=1S/C16H15ClF2O2/c1-20-15-8-3-5-10(16(15)21-2)12(17)9-11-13(18)6-4-7-14(11)19/h3-8,12H,9H2,1-2H3. The Morgan fingerprint density at radius 1 is 1.00 bits per heavy atom. The molecule has 0 aromatic heterocycles. The number of methoxy groups -OCH3 is 2. The SMILES string of the molecule is COc1cccc(C(Cl)Cc2c(F)cccc2F)c1OC. The molecule has 0 aliphatic carbocycles. The summed E-state index contributed by atoms with van der Waals surface area (Å²) in [4.78, 5) is 0. The molecule has 5 heteroatoms. The molecule has 0 bridgehead atoms. The van der Waals surface area contributed by atoms with Gasteiger partial charge in [0.15, 0.2) is 11.5 Å². The average molecular weight is 313 g/mol. The van der Waals surface area contributed by atoms with Crippen LogP contribution in [0.1, 0.15) is 16.5 Å². The highest BCUT2D eigenvalue weighted by molar-refractivity contribution is 6.21. The van der Waals surface area contributed by atoms with Gasteiger partial charge in [-0.25, -0.2) is 8.78 Å². The Kier molecular flexibility index (Phi) is 5.02. The second kappa shape index (κ2) is 6.76. The lowest BCUT2D eigenvalue weighted by Gasteiger charge is -2.17. The van der Waals surface area contributed by atoms with Crippen LogP contribution in [0.5, 0.6) is 11.5 Å². The van der Waals surface area contributed by atoms with E-state index in [1.165, 1.54) is 32.4 Å². The molecular weight excluding hydrogens is 298 g/mol. The molecule has 0 heterocycles. The number of halogens is 3. The largest absolute Gasteiger partial charge is 0.493 e. The summed E-state index contributed by atoms with van der Waals surface area (Å²) in [6, 6.07) is 8.98. The molecule has 2 aromatic rings. The van der Waals surface area contributed by atoms with Gasteiger partial charge in [-0.3, -0.25) is 0 Å². The van der Waals surface area contributed by atoms with E-state index in [2.05, 4.69) is 0 Å². The fraction of sp³-hybridized carbons (Fsp3) is 0.250. The molecule has 0 saturated carbocycles. The molecule has 1 unspecified atom stereocenters. The smallest absolute Gasteiger partial charge is 0.165 e. The van der Waals surface area contributed by atoms with Crippen LogP contribution >= 0.6 is 11.6 Å². The molecule has 2 aromatic carbocycles. The van der Waals surface area contributed by atoms with Crippen LogP contribution in [0.4, 0.5) is 8.78 Å². The van der Waals surface area contributed by atoms with Crippen molar-refractivity contribution in [1.29, 1.82) is 0 Å². The van der Waals surface area contributed by atoms with Crippen LogP contribution in [0.3, 0.4) is 0 Å². The van der Waals surface area contributed by atoms with E-state index in [9.17, 15) is 8.78 Å². The Morgan fingerprint density at radius 3 is 2.19 bits per heavy atom. The number of hydrogen-bond acceptors (Lipinski definition) is 2. The number of para-hydroxylation sites is 1. The van der Waals surface area contributed by atoms with Gasteiger partial charge in [0.1, 0.15) is 11.6 Å². The third-order valence-corrected chi connectivity index (χ3v) is 3.61. The number of ether oxygens (including phenoxy) is 2. The second-order valence-corrected chi connectivity index (χ2v) is 4.98. The second-order valence-electron chi connectivity index (χ2n) is 4.45. The average Bonchev–Trinajstić information content (AvgIpc) is 2.49. The van der Waals surface area contributed by atoms with E-state index in [1.54, 1.807) is 18.2 Å². The van der Waals surface area contributed by atoms with E-state index in [0.717, 1.165) is 0 Å². The van der Waals surface area contributed by atoms with Gasteiger partial charge in [0.2, 0.25) is 0 Å². The van der Waals surface area contributed by atoms with E-state index >= 15 is 0 Å². The summed E-state index contributed by atoms with van der Waals surface area (Å²) in [5.41, 5.74) is 0.587. The van der Waals surface area contributed by atoms with E-state index in [4.69, 9.17) is 21.1 Å². The predicted molar refractivity (Wildman–Crippen MR) is 78.2 cm³/mol. The lowest BCUT2D eigenvalue weighted by molar-refractivity contribution is 0.351. The zero-order chi connectivity index (χ0) is 15.4. The molecule has 0 aliphatic heterocycles. The molecule has 0 radical (unpaired) electrons. The first-order valence-corrected chi connectivity index (χ1v) is 6.80. The van der Waals surface area contributed by atoms with Crippen molar-refractivity contribution in [3.63, 3.8) is 0 Å². The molecule has 21 heavy (non-hydrogen) atoms. The number of hydrogen-bond donors (Lipinski definition) is 0. The highest BCUT2D eigenvalue weighted by atomic mass is 35.5. The van der Waals surface area contributed by atoms with E-state index < -0.39 is 17.0 Å². The number of rotatable bonds is 5. The molecule has 0 spiro atoms. The lowest BCUT2D eigenvalue weighted by atomic mass is 10.0. The van der Waals surface area contributed by atoms with Crippen LogP contribution in [-0.4, -0.2) is 14.2 Å². The molecule has 0 fully saturated rings. The van der Waals surface area contributed by atoms with Gasteiger partial charge in [-0.2, -0.15) is 0 Å². The zero-order valence-corrected chi connectivity index (χ0v) is 12.5. The van der Waals surface area contributed by atoms with Crippen molar-refractivity contribution in [3.05, 3.63) is 59.2 Å². The third-order valence-electron chi connectivity index (χ3n) is 3.22. The molecule has 1 atom stereocenters. The minimum atomic E-state index is -0.638. The third kappa shape index (κ3) is 3.27. The van der Waals surface area contributed by atoms with Gasteiger partial charge in [0, 0.05) is 11.1 Å². The van der Waals surface area contributed by atoms with Gasteiger partial charge in [0.05, 0.1) is 19.6 Å². The molecular formula is C16H15ClF2O2. The Morgan fingerprint density at radius 2 is 1.62 bits per heavy atom. The van der Waals surface area contributed by atoms with Crippen molar-refractivity contribution in [3.8, 4) is 11.5 Å². The summed E-state index contributed by atoms with van der Waals surface area (Å²) < 4.78 is 37.9. The van der Waals surface area contributed by atoms with Crippen LogP contribution < -0.4 is 9.47 Å². The number of alkyl halides is 1. The molecule has 0 aliphatic rings. The normalized spacial score (nSPS) is 12.0. The van der Waals surface area contributed by atoms with Gasteiger partial charge in [-0.1, -0.05) is 18.2 Å². The minimum absolute atomic E-state index is 0.0175. The summed E-state index contributed by atoms with van der Waals surface area (Å²) >= 11 is 6.33. The maximum absolute atomic E-state index is 13.7. The van der Waals surface area contributed by atoms with Crippen LogP contribution in [0, 0.1) is 11.6 Å².